The summed E-state index contributed by atoms with van der Waals surface area (Å²) in [4.78, 5) is 0. The SMILES string of the molecule is CCc1ccccc1.OCCc1ccccc1. The average molecular weight is 228 g/mol. The Morgan fingerprint density at radius 3 is 1.59 bits per heavy atom. The average Bonchev–Trinajstić information content (AvgIpc) is 2.42. The van der Waals surface area contributed by atoms with Crippen molar-refractivity contribution in [2.45, 2.75) is 19.8 Å². The van der Waals surface area contributed by atoms with Crippen LogP contribution in [-0.2, 0) is 12.8 Å². The van der Waals surface area contributed by atoms with E-state index in [9.17, 15) is 0 Å². The summed E-state index contributed by atoms with van der Waals surface area (Å²) < 4.78 is 0. The van der Waals surface area contributed by atoms with Gasteiger partial charge in [0.1, 0.15) is 0 Å². The number of hydrogen-bond acceptors (Lipinski definition) is 1. The Kier molecular flexibility index (Phi) is 6.76. The van der Waals surface area contributed by atoms with E-state index in [2.05, 4.69) is 31.2 Å². The number of hydrogen-bond donors (Lipinski definition) is 1. The zero-order valence-electron chi connectivity index (χ0n) is 10.3. The molecule has 0 aliphatic rings. The molecule has 0 atom stereocenters. The lowest BCUT2D eigenvalue weighted by atomic mass is 10.2. The Balaban J connectivity index is 0.000000171. The second-order valence-electron chi connectivity index (χ2n) is 3.80. The minimum atomic E-state index is 0.240. The molecule has 0 radical (unpaired) electrons. The van der Waals surface area contributed by atoms with Crippen molar-refractivity contribution in [1.29, 1.82) is 0 Å². The molecule has 1 heteroatoms. The number of aliphatic hydroxyl groups is 1. The lowest BCUT2D eigenvalue weighted by Gasteiger charge is -1.93. The Bertz CT molecular complexity index is 381. The monoisotopic (exact) mass is 228 g/mol. The summed E-state index contributed by atoms with van der Waals surface area (Å²) in [5.41, 5.74) is 2.60. The van der Waals surface area contributed by atoms with Crippen LogP contribution >= 0.6 is 0 Å². The van der Waals surface area contributed by atoms with Crippen molar-refractivity contribution in [3.63, 3.8) is 0 Å². The second kappa shape index (κ2) is 8.54. The fourth-order valence-corrected chi connectivity index (χ4v) is 1.49. The van der Waals surface area contributed by atoms with E-state index in [4.69, 9.17) is 5.11 Å². The standard InChI is InChI=1S/C8H10O.C8H10/c9-7-6-8-4-2-1-3-5-8;1-2-8-6-4-3-5-7-8/h1-5,9H,6-7H2;3-7H,2H2,1H3. The first-order chi connectivity index (χ1) is 8.36. The summed E-state index contributed by atoms with van der Waals surface area (Å²) in [5.74, 6) is 0. The van der Waals surface area contributed by atoms with Crippen molar-refractivity contribution in [2.24, 2.45) is 0 Å². The quantitative estimate of drug-likeness (QED) is 0.853. The lowest BCUT2D eigenvalue weighted by molar-refractivity contribution is 0.299. The van der Waals surface area contributed by atoms with Crippen molar-refractivity contribution in [3.05, 3.63) is 71.8 Å². The summed E-state index contributed by atoms with van der Waals surface area (Å²) in [6.07, 6.45) is 1.90. The van der Waals surface area contributed by atoms with Crippen LogP contribution in [0.15, 0.2) is 60.7 Å². The van der Waals surface area contributed by atoms with Gasteiger partial charge in [-0.05, 0) is 24.0 Å². The lowest BCUT2D eigenvalue weighted by Crippen LogP contribution is -1.88. The maximum Gasteiger partial charge on any atom is 0.0471 e. The summed E-state index contributed by atoms with van der Waals surface area (Å²) in [6, 6.07) is 20.4. The molecule has 0 heterocycles. The molecule has 0 aliphatic carbocycles. The molecule has 0 saturated heterocycles. The molecule has 2 aromatic rings. The molecular formula is C16H20O. The first-order valence-corrected chi connectivity index (χ1v) is 6.05. The minimum Gasteiger partial charge on any atom is -0.396 e. The Morgan fingerprint density at radius 2 is 1.24 bits per heavy atom. The van der Waals surface area contributed by atoms with Gasteiger partial charge in [-0.2, -0.15) is 0 Å². The van der Waals surface area contributed by atoms with Gasteiger partial charge in [-0.1, -0.05) is 67.6 Å². The van der Waals surface area contributed by atoms with E-state index in [0.717, 1.165) is 12.8 Å². The highest BCUT2D eigenvalue weighted by Crippen LogP contribution is 1.97. The molecule has 0 fully saturated rings. The van der Waals surface area contributed by atoms with E-state index in [-0.39, 0.29) is 6.61 Å². The van der Waals surface area contributed by atoms with Crippen molar-refractivity contribution in [2.75, 3.05) is 6.61 Å². The summed E-state index contributed by atoms with van der Waals surface area (Å²) in [6.45, 7) is 2.40. The van der Waals surface area contributed by atoms with E-state index in [1.165, 1.54) is 11.1 Å². The highest BCUT2D eigenvalue weighted by Gasteiger charge is 1.85. The fourth-order valence-electron chi connectivity index (χ4n) is 1.49. The molecular weight excluding hydrogens is 208 g/mol. The molecule has 90 valence electrons. The topological polar surface area (TPSA) is 20.2 Å². The van der Waals surface area contributed by atoms with Crippen LogP contribution in [0.1, 0.15) is 18.1 Å². The van der Waals surface area contributed by atoms with Crippen LogP contribution in [-0.4, -0.2) is 11.7 Å². The zero-order chi connectivity index (χ0) is 12.3. The van der Waals surface area contributed by atoms with Crippen molar-refractivity contribution < 1.29 is 5.11 Å². The molecule has 1 N–H and O–H groups in total. The molecule has 0 amide bonds. The van der Waals surface area contributed by atoms with Crippen LogP contribution in [0.4, 0.5) is 0 Å². The van der Waals surface area contributed by atoms with E-state index >= 15 is 0 Å². The maximum atomic E-state index is 8.52. The summed E-state index contributed by atoms with van der Waals surface area (Å²) >= 11 is 0. The first-order valence-electron chi connectivity index (χ1n) is 6.05. The van der Waals surface area contributed by atoms with Crippen LogP contribution in [0.3, 0.4) is 0 Å². The van der Waals surface area contributed by atoms with E-state index in [1.807, 2.05) is 36.4 Å². The van der Waals surface area contributed by atoms with Gasteiger partial charge in [-0.3, -0.25) is 0 Å². The smallest absolute Gasteiger partial charge is 0.0471 e. The fraction of sp³-hybridized carbons (Fsp3) is 0.250. The third kappa shape index (κ3) is 5.88. The third-order valence-corrected chi connectivity index (χ3v) is 2.49. The first kappa shape index (κ1) is 13.5. The van der Waals surface area contributed by atoms with Crippen LogP contribution < -0.4 is 0 Å². The Labute approximate surface area is 104 Å². The van der Waals surface area contributed by atoms with Gasteiger partial charge in [0.25, 0.3) is 0 Å². The maximum absolute atomic E-state index is 8.52. The van der Waals surface area contributed by atoms with Crippen LogP contribution in [0.25, 0.3) is 0 Å². The highest BCUT2D eigenvalue weighted by molar-refractivity contribution is 5.14. The van der Waals surface area contributed by atoms with Crippen LogP contribution in [0, 0.1) is 0 Å². The number of benzene rings is 2. The molecule has 0 bridgehead atoms. The molecule has 17 heavy (non-hydrogen) atoms. The molecule has 0 saturated carbocycles. The minimum absolute atomic E-state index is 0.240. The predicted molar refractivity (Wildman–Crippen MR) is 73.1 cm³/mol. The number of aryl methyl sites for hydroxylation is 1. The molecule has 2 rings (SSSR count). The molecule has 2 aromatic carbocycles. The van der Waals surface area contributed by atoms with E-state index in [1.54, 1.807) is 0 Å². The normalized spacial score (nSPS) is 9.29. The Hall–Kier alpha value is -1.60. The van der Waals surface area contributed by atoms with Crippen LogP contribution in [0.2, 0.25) is 0 Å². The van der Waals surface area contributed by atoms with Gasteiger partial charge in [0.05, 0.1) is 0 Å². The van der Waals surface area contributed by atoms with Gasteiger partial charge >= 0.3 is 0 Å². The third-order valence-electron chi connectivity index (χ3n) is 2.49. The van der Waals surface area contributed by atoms with Gasteiger partial charge in [0.15, 0.2) is 0 Å². The molecule has 0 unspecified atom stereocenters. The summed E-state index contributed by atoms with van der Waals surface area (Å²) in [7, 11) is 0. The Morgan fingerprint density at radius 1 is 0.765 bits per heavy atom. The number of rotatable bonds is 3. The van der Waals surface area contributed by atoms with Crippen molar-refractivity contribution in [3.8, 4) is 0 Å². The van der Waals surface area contributed by atoms with Gasteiger partial charge in [0, 0.05) is 6.61 Å². The molecule has 0 aromatic heterocycles. The molecule has 0 spiro atoms. The van der Waals surface area contributed by atoms with Gasteiger partial charge in [-0.25, -0.2) is 0 Å². The largest absolute Gasteiger partial charge is 0.396 e. The van der Waals surface area contributed by atoms with Crippen LogP contribution in [0.5, 0.6) is 0 Å². The van der Waals surface area contributed by atoms with Crippen molar-refractivity contribution >= 4 is 0 Å². The number of aliphatic hydroxyl groups excluding tert-OH is 1. The predicted octanol–water partition coefficient (Wildman–Crippen LogP) is 3.47. The zero-order valence-corrected chi connectivity index (χ0v) is 10.3. The van der Waals surface area contributed by atoms with Gasteiger partial charge in [-0.15, -0.1) is 0 Å². The molecule has 1 nitrogen and oxygen atoms in total. The molecule has 0 aliphatic heterocycles. The van der Waals surface area contributed by atoms with E-state index in [0.29, 0.717) is 0 Å². The van der Waals surface area contributed by atoms with Gasteiger partial charge in [0.2, 0.25) is 0 Å². The second-order valence-corrected chi connectivity index (χ2v) is 3.80. The van der Waals surface area contributed by atoms with Crippen molar-refractivity contribution in [1.82, 2.24) is 0 Å². The summed E-state index contributed by atoms with van der Waals surface area (Å²) in [5, 5.41) is 8.52. The van der Waals surface area contributed by atoms with E-state index < -0.39 is 0 Å². The van der Waals surface area contributed by atoms with Gasteiger partial charge < -0.3 is 5.11 Å². The highest BCUT2D eigenvalue weighted by atomic mass is 16.2.